The molecule has 0 atom stereocenters. The monoisotopic (exact) mass is 295 g/mol. The van der Waals surface area contributed by atoms with Crippen LogP contribution < -0.4 is 5.32 Å². The van der Waals surface area contributed by atoms with Gasteiger partial charge in [-0.3, -0.25) is 0 Å². The average Bonchev–Trinajstić information content (AvgIpc) is 2.92. The van der Waals surface area contributed by atoms with Gasteiger partial charge >= 0.3 is 0 Å². The lowest BCUT2D eigenvalue weighted by Gasteiger charge is -2.05. The van der Waals surface area contributed by atoms with Gasteiger partial charge in [-0.05, 0) is 25.5 Å². The summed E-state index contributed by atoms with van der Waals surface area (Å²) < 4.78 is 0. The van der Waals surface area contributed by atoms with E-state index < -0.39 is 0 Å². The zero-order valence-electron chi connectivity index (χ0n) is 12.1. The molecular weight excluding hydrogens is 278 g/mol. The summed E-state index contributed by atoms with van der Waals surface area (Å²) in [7, 11) is 0. The van der Waals surface area contributed by atoms with E-state index in [1.54, 1.807) is 17.5 Å². The van der Waals surface area contributed by atoms with Crippen LogP contribution in [0.2, 0.25) is 0 Å². The third-order valence-corrected chi connectivity index (χ3v) is 4.32. The largest absolute Gasteiger partial charge is 0.330 e. The van der Waals surface area contributed by atoms with Crippen LogP contribution in [0.25, 0.3) is 11.3 Å². The molecule has 1 aromatic carbocycles. The normalized spacial score (nSPS) is 10.6. The van der Waals surface area contributed by atoms with Gasteiger partial charge in [0.2, 0.25) is 0 Å². The minimum absolute atomic E-state index is 0.845. The van der Waals surface area contributed by atoms with Gasteiger partial charge in [-0.1, -0.05) is 42.8 Å². The standard InChI is InChI=1S/C17H17N3S/c1-3-15-20-16(13-9-7-12(2)8-10-13)17(21-15)19-14-6-4-5-11-18-14/h4-11H,3H2,1-2H3,(H,18,19). The van der Waals surface area contributed by atoms with E-state index in [-0.39, 0.29) is 0 Å². The molecule has 4 heteroatoms. The van der Waals surface area contributed by atoms with Gasteiger partial charge in [0.05, 0.1) is 5.01 Å². The first-order valence-electron chi connectivity index (χ1n) is 7.01. The Morgan fingerprint density at radius 1 is 1.10 bits per heavy atom. The maximum atomic E-state index is 4.75. The number of nitrogens with zero attached hydrogens (tertiary/aromatic N) is 2. The molecule has 0 fully saturated rings. The minimum atomic E-state index is 0.845. The molecule has 2 heterocycles. The van der Waals surface area contributed by atoms with Crippen LogP contribution in [0.15, 0.2) is 48.7 Å². The molecule has 0 amide bonds. The molecular formula is C17H17N3S. The van der Waals surface area contributed by atoms with Gasteiger partial charge in [0, 0.05) is 11.8 Å². The van der Waals surface area contributed by atoms with Gasteiger partial charge in [-0.2, -0.15) is 0 Å². The number of pyridine rings is 1. The third kappa shape index (κ3) is 3.11. The molecule has 0 saturated heterocycles. The first-order valence-corrected chi connectivity index (χ1v) is 7.82. The van der Waals surface area contributed by atoms with Crippen molar-refractivity contribution in [2.24, 2.45) is 0 Å². The predicted molar refractivity (Wildman–Crippen MR) is 89.2 cm³/mol. The van der Waals surface area contributed by atoms with E-state index in [4.69, 9.17) is 4.98 Å². The molecule has 0 aliphatic rings. The van der Waals surface area contributed by atoms with Crippen LogP contribution in [0, 0.1) is 6.92 Å². The zero-order valence-corrected chi connectivity index (χ0v) is 12.9. The van der Waals surface area contributed by atoms with E-state index in [1.807, 2.05) is 18.2 Å². The Labute approximate surface area is 128 Å². The minimum Gasteiger partial charge on any atom is -0.330 e. The van der Waals surface area contributed by atoms with Crippen molar-refractivity contribution < 1.29 is 0 Å². The van der Waals surface area contributed by atoms with Gasteiger partial charge in [-0.25, -0.2) is 9.97 Å². The Hall–Kier alpha value is -2.20. The van der Waals surface area contributed by atoms with Crippen molar-refractivity contribution in [3.8, 4) is 11.3 Å². The van der Waals surface area contributed by atoms with Crippen LogP contribution in [0.3, 0.4) is 0 Å². The first-order chi connectivity index (χ1) is 10.3. The van der Waals surface area contributed by atoms with E-state index in [9.17, 15) is 0 Å². The summed E-state index contributed by atoms with van der Waals surface area (Å²) >= 11 is 1.69. The fourth-order valence-electron chi connectivity index (χ4n) is 2.06. The lowest BCUT2D eigenvalue weighted by Crippen LogP contribution is -1.92. The molecule has 0 spiro atoms. The number of anilines is 2. The van der Waals surface area contributed by atoms with Crippen molar-refractivity contribution in [2.75, 3.05) is 5.32 Å². The molecule has 0 radical (unpaired) electrons. The molecule has 3 rings (SSSR count). The fourth-order valence-corrected chi connectivity index (χ4v) is 2.99. The maximum Gasteiger partial charge on any atom is 0.130 e. The number of benzene rings is 1. The molecule has 2 aromatic heterocycles. The second-order valence-electron chi connectivity index (χ2n) is 4.84. The molecule has 0 saturated carbocycles. The van der Waals surface area contributed by atoms with Crippen LogP contribution in [0.4, 0.5) is 10.8 Å². The highest BCUT2D eigenvalue weighted by Gasteiger charge is 2.12. The summed E-state index contributed by atoms with van der Waals surface area (Å²) in [5, 5.41) is 5.56. The Kier molecular flexibility index (Phi) is 3.97. The quantitative estimate of drug-likeness (QED) is 0.750. The SMILES string of the molecule is CCc1nc(-c2ccc(C)cc2)c(Nc2ccccn2)s1. The van der Waals surface area contributed by atoms with E-state index in [2.05, 4.69) is 48.4 Å². The summed E-state index contributed by atoms with van der Waals surface area (Å²) in [5.74, 6) is 0.845. The van der Waals surface area contributed by atoms with Crippen LogP contribution in [0.5, 0.6) is 0 Å². The molecule has 1 N–H and O–H groups in total. The van der Waals surface area contributed by atoms with Crippen LogP contribution >= 0.6 is 11.3 Å². The Morgan fingerprint density at radius 3 is 2.57 bits per heavy atom. The number of hydrogen-bond donors (Lipinski definition) is 1. The molecule has 106 valence electrons. The number of nitrogens with one attached hydrogen (secondary N) is 1. The highest BCUT2D eigenvalue weighted by atomic mass is 32.1. The highest BCUT2D eigenvalue weighted by molar-refractivity contribution is 7.16. The Bertz CT molecular complexity index is 718. The van der Waals surface area contributed by atoms with Crippen LogP contribution in [0.1, 0.15) is 17.5 Å². The maximum absolute atomic E-state index is 4.75. The number of hydrogen-bond acceptors (Lipinski definition) is 4. The van der Waals surface area contributed by atoms with Crippen molar-refractivity contribution in [3.05, 3.63) is 59.2 Å². The molecule has 21 heavy (non-hydrogen) atoms. The molecule has 3 aromatic rings. The molecule has 3 nitrogen and oxygen atoms in total. The van der Waals surface area contributed by atoms with Crippen molar-refractivity contribution >= 4 is 22.2 Å². The Balaban J connectivity index is 1.99. The van der Waals surface area contributed by atoms with E-state index in [0.717, 1.165) is 33.5 Å². The van der Waals surface area contributed by atoms with Gasteiger partial charge in [-0.15, -0.1) is 11.3 Å². The van der Waals surface area contributed by atoms with Crippen LogP contribution in [-0.2, 0) is 6.42 Å². The Morgan fingerprint density at radius 2 is 1.90 bits per heavy atom. The summed E-state index contributed by atoms with van der Waals surface area (Å²) in [5.41, 5.74) is 3.39. The lowest BCUT2D eigenvalue weighted by molar-refractivity contribution is 1.10. The van der Waals surface area contributed by atoms with Gasteiger partial charge in [0.15, 0.2) is 0 Å². The lowest BCUT2D eigenvalue weighted by atomic mass is 10.1. The molecule has 0 aliphatic heterocycles. The number of aromatic nitrogens is 2. The van der Waals surface area contributed by atoms with Gasteiger partial charge in [0.25, 0.3) is 0 Å². The summed E-state index contributed by atoms with van der Waals surface area (Å²) in [6.45, 7) is 4.22. The van der Waals surface area contributed by atoms with Crippen molar-refractivity contribution in [1.29, 1.82) is 0 Å². The van der Waals surface area contributed by atoms with Gasteiger partial charge < -0.3 is 5.32 Å². The van der Waals surface area contributed by atoms with E-state index >= 15 is 0 Å². The van der Waals surface area contributed by atoms with Crippen molar-refractivity contribution in [2.45, 2.75) is 20.3 Å². The molecule has 0 unspecified atom stereocenters. The highest BCUT2D eigenvalue weighted by Crippen LogP contribution is 2.35. The number of aryl methyl sites for hydroxylation is 2. The number of thiazole rings is 1. The summed E-state index contributed by atoms with van der Waals surface area (Å²) in [6.07, 6.45) is 2.73. The average molecular weight is 295 g/mol. The van der Waals surface area contributed by atoms with E-state index in [0.29, 0.717) is 0 Å². The predicted octanol–water partition coefficient (Wildman–Crippen LogP) is 4.82. The second kappa shape index (κ2) is 6.06. The summed E-state index contributed by atoms with van der Waals surface area (Å²) in [4.78, 5) is 9.08. The fraction of sp³-hybridized carbons (Fsp3) is 0.176. The van der Waals surface area contributed by atoms with Crippen molar-refractivity contribution in [3.63, 3.8) is 0 Å². The van der Waals surface area contributed by atoms with Crippen molar-refractivity contribution in [1.82, 2.24) is 9.97 Å². The molecule has 0 aliphatic carbocycles. The molecule has 0 bridgehead atoms. The first kappa shape index (κ1) is 13.8. The number of rotatable bonds is 4. The zero-order chi connectivity index (χ0) is 14.7. The summed E-state index contributed by atoms with van der Waals surface area (Å²) in [6, 6.07) is 14.3. The van der Waals surface area contributed by atoms with E-state index in [1.165, 1.54) is 5.56 Å². The topological polar surface area (TPSA) is 37.8 Å². The van der Waals surface area contributed by atoms with Gasteiger partial charge in [0.1, 0.15) is 16.5 Å². The smallest absolute Gasteiger partial charge is 0.130 e. The third-order valence-electron chi connectivity index (χ3n) is 3.21. The van der Waals surface area contributed by atoms with Crippen LogP contribution in [-0.4, -0.2) is 9.97 Å². The second-order valence-corrected chi connectivity index (χ2v) is 5.93.